The summed E-state index contributed by atoms with van der Waals surface area (Å²) in [5, 5.41) is 17.4. The van der Waals surface area contributed by atoms with Gasteiger partial charge in [-0.25, -0.2) is 5.43 Å². The predicted octanol–water partition coefficient (Wildman–Crippen LogP) is 2.75. The number of amides is 1. The first-order chi connectivity index (χ1) is 14.7. The van der Waals surface area contributed by atoms with Crippen LogP contribution in [0.15, 0.2) is 65.9 Å². The topological polar surface area (TPSA) is 102 Å². The van der Waals surface area contributed by atoms with E-state index in [2.05, 4.69) is 21.7 Å². The first-order valence-corrected chi connectivity index (χ1v) is 9.46. The summed E-state index contributed by atoms with van der Waals surface area (Å²) in [6.07, 6.45) is 2.90. The zero-order valence-corrected chi connectivity index (χ0v) is 16.1. The van der Waals surface area contributed by atoms with E-state index in [0.29, 0.717) is 24.5 Å². The summed E-state index contributed by atoms with van der Waals surface area (Å²) in [5.74, 6) is 0.735. The second-order valence-corrected chi connectivity index (χ2v) is 6.57. The molecule has 0 saturated heterocycles. The zero-order chi connectivity index (χ0) is 20.8. The van der Waals surface area contributed by atoms with Gasteiger partial charge in [-0.15, -0.1) is 0 Å². The number of ether oxygens (including phenoxy) is 2. The lowest BCUT2D eigenvalue weighted by atomic mass is 10.1. The van der Waals surface area contributed by atoms with Crippen molar-refractivity contribution < 1.29 is 14.3 Å². The van der Waals surface area contributed by atoms with Crippen LogP contribution in [0.3, 0.4) is 0 Å². The third-order valence-corrected chi connectivity index (χ3v) is 4.47. The molecule has 2 heterocycles. The van der Waals surface area contributed by atoms with Crippen molar-refractivity contribution in [3.05, 3.63) is 66.4 Å². The lowest BCUT2D eigenvalue weighted by Gasteiger charge is -2.24. The molecule has 1 N–H and O–H groups in total. The third-order valence-electron chi connectivity index (χ3n) is 4.47. The first-order valence-electron chi connectivity index (χ1n) is 9.46. The lowest BCUT2D eigenvalue weighted by Crippen LogP contribution is -2.42. The van der Waals surface area contributed by atoms with Gasteiger partial charge in [0.15, 0.2) is 11.5 Å². The molecule has 1 atom stereocenters. The Kier molecular flexibility index (Phi) is 5.71. The summed E-state index contributed by atoms with van der Waals surface area (Å²) in [6.45, 7) is 0.586. The van der Waals surface area contributed by atoms with E-state index in [0.717, 1.165) is 16.8 Å². The minimum absolute atomic E-state index is 0.111. The Morgan fingerprint density at radius 2 is 2.00 bits per heavy atom. The minimum Gasteiger partial charge on any atom is -0.485 e. The number of aryl methyl sites for hydroxylation is 1. The van der Waals surface area contributed by atoms with Crippen LogP contribution in [0.5, 0.6) is 11.5 Å². The van der Waals surface area contributed by atoms with Gasteiger partial charge in [-0.3, -0.25) is 9.48 Å². The number of fused-ring (bicyclic) bond motifs is 1. The van der Waals surface area contributed by atoms with Gasteiger partial charge < -0.3 is 9.47 Å². The van der Waals surface area contributed by atoms with E-state index in [-0.39, 0.29) is 6.61 Å². The number of nitrogens with one attached hydrogen (secondary N) is 1. The molecule has 1 aliphatic heterocycles. The monoisotopic (exact) mass is 401 g/mol. The van der Waals surface area contributed by atoms with Crippen molar-refractivity contribution in [2.24, 2.45) is 5.10 Å². The SMILES string of the molecule is N#CCCn1cc(/C=N\NC(=O)[C@@H]2COc3ccccc3O2)c(-c2ccccc2)n1. The Bertz CT molecular complexity index is 1100. The maximum absolute atomic E-state index is 12.4. The fourth-order valence-electron chi connectivity index (χ4n) is 3.02. The summed E-state index contributed by atoms with van der Waals surface area (Å²) >= 11 is 0. The van der Waals surface area contributed by atoms with Gasteiger partial charge in [0, 0.05) is 17.3 Å². The lowest BCUT2D eigenvalue weighted by molar-refractivity contribution is -0.130. The molecule has 1 aliphatic rings. The highest BCUT2D eigenvalue weighted by Crippen LogP contribution is 2.30. The summed E-state index contributed by atoms with van der Waals surface area (Å²) in [7, 11) is 0. The highest BCUT2D eigenvalue weighted by molar-refractivity contribution is 5.90. The van der Waals surface area contributed by atoms with Crippen LogP contribution >= 0.6 is 0 Å². The largest absolute Gasteiger partial charge is 0.485 e. The number of nitriles is 1. The van der Waals surface area contributed by atoms with E-state index < -0.39 is 12.0 Å². The molecule has 8 heteroatoms. The fourth-order valence-corrected chi connectivity index (χ4v) is 3.02. The first kappa shape index (κ1) is 19.2. The molecule has 4 rings (SSSR count). The van der Waals surface area contributed by atoms with E-state index >= 15 is 0 Å². The van der Waals surface area contributed by atoms with Gasteiger partial charge in [0.1, 0.15) is 12.3 Å². The molecule has 1 amide bonds. The van der Waals surface area contributed by atoms with Crippen LogP contribution in [0.4, 0.5) is 0 Å². The Morgan fingerprint density at radius 1 is 1.23 bits per heavy atom. The van der Waals surface area contributed by atoms with Crippen LogP contribution in [0.2, 0.25) is 0 Å². The Balaban J connectivity index is 1.46. The zero-order valence-electron chi connectivity index (χ0n) is 16.1. The molecule has 30 heavy (non-hydrogen) atoms. The summed E-state index contributed by atoms with van der Waals surface area (Å²) in [5.41, 5.74) is 4.86. The van der Waals surface area contributed by atoms with Gasteiger partial charge in [-0.05, 0) is 12.1 Å². The highest BCUT2D eigenvalue weighted by Gasteiger charge is 2.27. The number of hydrazone groups is 1. The van der Waals surface area contributed by atoms with Crippen molar-refractivity contribution in [3.8, 4) is 28.8 Å². The highest BCUT2D eigenvalue weighted by atomic mass is 16.6. The van der Waals surface area contributed by atoms with Gasteiger partial charge >= 0.3 is 0 Å². The molecular weight excluding hydrogens is 382 g/mol. The molecular formula is C22H19N5O3. The van der Waals surface area contributed by atoms with Crippen molar-refractivity contribution in [3.63, 3.8) is 0 Å². The van der Waals surface area contributed by atoms with Crippen LogP contribution in [-0.2, 0) is 11.3 Å². The van der Waals surface area contributed by atoms with E-state index in [1.54, 1.807) is 23.0 Å². The van der Waals surface area contributed by atoms with Crippen molar-refractivity contribution in [1.82, 2.24) is 15.2 Å². The van der Waals surface area contributed by atoms with Crippen molar-refractivity contribution in [2.75, 3.05) is 6.61 Å². The van der Waals surface area contributed by atoms with Crippen molar-refractivity contribution >= 4 is 12.1 Å². The smallest absolute Gasteiger partial charge is 0.284 e. The summed E-state index contributed by atoms with van der Waals surface area (Å²) in [6, 6.07) is 19.0. The number of rotatable bonds is 6. The number of nitrogens with zero attached hydrogens (tertiary/aromatic N) is 4. The van der Waals surface area contributed by atoms with Crippen LogP contribution in [-0.4, -0.2) is 34.6 Å². The van der Waals surface area contributed by atoms with E-state index in [1.165, 1.54) is 6.21 Å². The normalized spacial score (nSPS) is 15.0. The Morgan fingerprint density at radius 3 is 2.80 bits per heavy atom. The number of hydrogen-bond acceptors (Lipinski definition) is 6. The van der Waals surface area contributed by atoms with Crippen LogP contribution in [0.1, 0.15) is 12.0 Å². The number of carbonyl (C=O) groups excluding carboxylic acids is 1. The molecule has 0 bridgehead atoms. The number of hydrogen-bond donors (Lipinski definition) is 1. The molecule has 0 fully saturated rings. The molecule has 0 radical (unpaired) electrons. The van der Waals surface area contributed by atoms with E-state index in [4.69, 9.17) is 14.7 Å². The van der Waals surface area contributed by atoms with Crippen molar-refractivity contribution in [2.45, 2.75) is 19.1 Å². The maximum Gasteiger partial charge on any atom is 0.284 e. The quantitative estimate of drug-likeness (QED) is 0.505. The number of aromatic nitrogens is 2. The van der Waals surface area contributed by atoms with Crippen LogP contribution in [0.25, 0.3) is 11.3 Å². The molecule has 150 valence electrons. The van der Waals surface area contributed by atoms with Crippen LogP contribution < -0.4 is 14.9 Å². The maximum atomic E-state index is 12.4. The Hall–Kier alpha value is -4.12. The number of benzene rings is 2. The average Bonchev–Trinajstić information content (AvgIpc) is 3.20. The van der Waals surface area contributed by atoms with E-state index in [9.17, 15) is 4.79 Å². The third kappa shape index (κ3) is 4.31. The van der Waals surface area contributed by atoms with Crippen molar-refractivity contribution in [1.29, 1.82) is 5.26 Å². The summed E-state index contributed by atoms with van der Waals surface area (Å²) < 4.78 is 12.9. The average molecular weight is 401 g/mol. The second-order valence-electron chi connectivity index (χ2n) is 6.57. The van der Waals surface area contributed by atoms with Gasteiger partial charge in [-0.1, -0.05) is 42.5 Å². The summed E-state index contributed by atoms with van der Waals surface area (Å²) in [4.78, 5) is 12.4. The molecule has 0 saturated carbocycles. The van der Waals surface area contributed by atoms with Gasteiger partial charge in [0.2, 0.25) is 6.10 Å². The van der Waals surface area contributed by atoms with Crippen LogP contribution in [0, 0.1) is 11.3 Å². The predicted molar refractivity (Wildman–Crippen MR) is 110 cm³/mol. The minimum atomic E-state index is -0.788. The van der Waals surface area contributed by atoms with Gasteiger partial charge in [0.25, 0.3) is 5.91 Å². The molecule has 0 aliphatic carbocycles. The standard InChI is InChI=1S/C22H19N5O3/c23-11-6-12-27-14-17(21(26-27)16-7-2-1-3-8-16)13-24-25-22(28)20-15-29-18-9-4-5-10-19(18)30-20/h1-5,7-10,13-14,20H,6,12,15H2,(H,25,28)/b24-13-/t20-/m0/s1. The fraction of sp³-hybridized carbons (Fsp3) is 0.182. The number of carbonyl (C=O) groups is 1. The molecule has 0 unspecified atom stereocenters. The molecule has 0 spiro atoms. The molecule has 1 aromatic heterocycles. The number of para-hydroxylation sites is 2. The van der Waals surface area contributed by atoms with Gasteiger partial charge in [-0.2, -0.15) is 15.5 Å². The molecule has 8 nitrogen and oxygen atoms in total. The van der Waals surface area contributed by atoms with Gasteiger partial charge in [0.05, 0.1) is 25.2 Å². The van der Waals surface area contributed by atoms with E-state index in [1.807, 2.05) is 42.5 Å². The molecule has 3 aromatic rings. The second kappa shape index (κ2) is 8.92. The molecule has 2 aromatic carbocycles. The Labute approximate surface area is 173 Å².